The molecule has 4 heteroatoms. The van der Waals surface area contributed by atoms with Gasteiger partial charge in [0.25, 0.3) is 0 Å². The molecule has 3 atom stereocenters. The van der Waals surface area contributed by atoms with E-state index < -0.39 is 0 Å². The first-order valence-corrected chi connectivity index (χ1v) is 7.14. The molecule has 19 heavy (non-hydrogen) atoms. The molecule has 1 aromatic heterocycles. The fraction of sp³-hybridized carbons (Fsp3) is 0.533. The number of nitrogens with one attached hydrogen (secondary N) is 3. The molecule has 0 aliphatic heterocycles. The molecule has 4 rings (SSSR count). The molecule has 0 spiro atoms. The quantitative estimate of drug-likeness (QED) is 0.789. The number of H-pyrrole nitrogens is 2. The van der Waals surface area contributed by atoms with Crippen molar-refractivity contribution >= 4 is 11.0 Å². The van der Waals surface area contributed by atoms with Gasteiger partial charge in [-0.15, -0.1) is 0 Å². The molecule has 3 N–H and O–H groups in total. The first kappa shape index (κ1) is 11.3. The highest BCUT2D eigenvalue weighted by Crippen LogP contribution is 2.57. The van der Waals surface area contributed by atoms with E-state index in [1.165, 1.54) is 24.8 Å². The van der Waals surface area contributed by atoms with Gasteiger partial charge in [-0.05, 0) is 61.8 Å². The molecule has 1 aromatic carbocycles. The van der Waals surface area contributed by atoms with Crippen molar-refractivity contribution in [3.63, 3.8) is 0 Å². The molecule has 4 nitrogen and oxygen atoms in total. The van der Waals surface area contributed by atoms with Crippen LogP contribution in [0, 0.1) is 17.8 Å². The number of hydrogen-bond acceptors (Lipinski definition) is 2. The summed E-state index contributed by atoms with van der Waals surface area (Å²) in [7, 11) is 2.04. The Morgan fingerprint density at radius 1 is 1.16 bits per heavy atom. The van der Waals surface area contributed by atoms with Gasteiger partial charge in [0.2, 0.25) is 0 Å². The third-order valence-corrected chi connectivity index (χ3v) is 4.96. The third kappa shape index (κ3) is 1.82. The summed E-state index contributed by atoms with van der Waals surface area (Å²) in [5.74, 6) is 2.74. The second kappa shape index (κ2) is 3.97. The molecule has 2 saturated carbocycles. The fourth-order valence-electron chi connectivity index (χ4n) is 3.95. The zero-order valence-electron chi connectivity index (χ0n) is 11.1. The number of aromatic nitrogens is 2. The lowest BCUT2D eigenvalue weighted by Crippen LogP contribution is -2.24. The van der Waals surface area contributed by atoms with Crippen molar-refractivity contribution in [3.8, 4) is 0 Å². The minimum atomic E-state index is -0.129. The zero-order valence-corrected chi connectivity index (χ0v) is 11.1. The molecule has 100 valence electrons. The lowest BCUT2D eigenvalue weighted by Gasteiger charge is -2.24. The van der Waals surface area contributed by atoms with Gasteiger partial charge in [0.05, 0.1) is 11.0 Å². The van der Waals surface area contributed by atoms with Crippen LogP contribution in [-0.4, -0.2) is 17.0 Å². The Kier molecular flexibility index (Phi) is 2.36. The predicted octanol–water partition coefficient (Wildman–Crippen LogP) is 2.16. The Bertz CT molecular complexity index is 661. The maximum atomic E-state index is 11.3. The van der Waals surface area contributed by atoms with Crippen LogP contribution in [0.25, 0.3) is 11.0 Å². The zero-order chi connectivity index (χ0) is 13.0. The Morgan fingerprint density at radius 3 is 2.63 bits per heavy atom. The van der Waals surface area contributed by atoms with Crippen molar-refractivity contribution in [2.24, 2.45) is 17.8 Å². The lowest BCUT2D eigenvalue weighted by atomic mass is 9.89. The van der Waals surface area contributed by atoms with Crippen molar-refractivity contribution in [1.82, 2.24) is 15.3 Å². The van der Waals surface area contributed by atoms with E-state index in [2.05, 4.69) is 27.4 Å². The first-order chi connectivity index (χ1) is 9.24. The van der Waals surface area contributed by atoms with E-state index in [0.717, 1.165) is 28.8 Å². The summed E-state index contributed by atoms with van der Waals surface area (Å²) >= 11 is 0. The van der Waals surface area contributed by atoms with Gasteiger partial charge in [0.1, 0.15) is 0 Å². The number of aromatic amines is 2. The van der Waals surface area contributed by atoms with Gasteiger partial charge >= 0.3 is 5.69 Å². The van der Waals surface area contributed by atoms with E-state index in [9.17, 15) is 4.79 Å². The largest absolute Gasteiger partial charge is 0.323 e. The van der Waals surface area contributed by atoms with Crippen molar-refractivity contribution in [2.45, 2.75) is 25.3 Å². The van der Waals surface area contributed by atoms with Crippen LogP contribution in [0.4, 0.5) is 0 Å². The number of hydrogen-bond donors (Lipinski definition) is 3. The van der Waals surface area contributed by atoms with Gasteiger partial charge in [-0.25, -0.2) is 4.79 Å². The number of imidazole rings is 1. The van der Waals surface area contributed by atoms with Crippen molar-refractivity contribution in [1.29, 1.82) is 0 Å². The predicted molar refractivity (Wildman–Crippen MR) is 75.0 cm³/mol. The van der Waals surface area contributed by atoms with E-state index in [1.807, 2.05) is 13.1 Å². The topological polar surface area (TPSA) is 60.7 Å². The first-order valence-electron chi connectivity index (χ1n) is 7.14. The van der Waals surface area contributed by atoms with Crippen LogP contribution in [-0.2, 0) is 0 Å². The molecule has 0 amide bonds. The average Bonchev–Trinajstić information content (AvgIpc) is 2.83. The summed E-state index contributed by atoms with van der Waals surface area (Å²) in [5.41, 5.74) is 2.95. The van der Waals surface area contributed by atoms with E-state index in [1.54, 1.807) is 0 Å². The standard InChI is InChI=1S/C15H19N3O/c1-16-14(11-5-9-4-10(9)6-11)8-2-3-12-13(7-8)18-15(19)17-12/h2-3,7,9-11,14,16H,4-6H2,1H3,(H2,17,18,19). The monoisotopic (exact) mass is 257 g/mol. The van der Waals surface area contributed by atoms with Crippen molar-refractivity contribution in [2.75, 3.05) is 7.05 Å². The third-order valence-electron chi connectivity index (χ3n) is 4.96. The molecule has 2 aliphatic rings. The highest BCUT2D eigenvalue weighted by Gasteiger charge is 2.47. The van der Waals surface area contributed by atoms with Crippen LogP contribution < -0.4 is 11.0 Å². The van der Waals surface area contributed by atoms with Gasteiger partial charge in [-0.2, -0.15) is 0 Å². The van der Waals surface area contributed by atoms with Crippen LogP contribution in [0.3, 0.4) is 0 Å². The van der Waals surface area contributed by atoms with E-state index in [-0.39, 0.29) is 5.69 Å². The Hall–Kier alpha value is -1.55. The summed E-state index contributed by atoms with van der Waals surface area (Å²) < 4.78 is 0. The SMILES string of the molecule is CNC(c1ccc2[nH]c(=O)[nH]c2c1)C1CC2CC2C1. The molecular formula is C15H19N3O. The van der Waals surface area contributed by atoms with Crippen LogP contribution >= 0.6 is 0 Å². The Morgan fingerprint density at radius 2 is 1.89 bits per heavy atom. The van der Waals surface area contributed by atoms with E-state index in [0.29, 0.717) is 6.04 Å². The van der Waals surface area contributed by atoms with Gasteiger partial charge in [0.15, 0.2) is 0 Å². The smallest absolute Gasteiger partial charge is 0.313 e. The minimum absolute atomic E-state index is 0.129. The Balaban J connectivity index is 1.68. The van der Waals surface area contributed by atoms with Crippen molar-refractivity contribution in [3.05, 3.63) is 34.2 Å². The summed E-state index contributed by atoms with van der Waals surface area (Å²) in [6.45, 7) is 0. The summed E-state index contributed by atoms with van der Waals surface area (Å²) in [6.07, 6.45) is 4.17. The highest BCUT2D eigenvalue weighted by molar-refractivity contribution is 5.75. The van der Waals surface area contributed by atoms with Crippen LogP contribution in [0.15, 0.2) is 23.0 Å². The molecule has 0 radical (unpaired) electrons. The van der Waals surface area contributed by atoms with Crippen LogP contribution in [0.1, 0.15) is 30.9 Å². The summed E-state index contributed by atoms with van der Waals surface area (Å²) in [5, 5.41) is 3.47. The number of fused-ring (bicyclic) bond motifs is 2. The number of benzene rings is 1. The van der Waals surface area contributed by atoms with Gasteiger partial charge in [-0.3, -0.25) is 0 Å². The maximum Gasteiger partial charge on any atom is 0.323 e. The molecule has 2 aliphatic carbocycles. The molecule has 3 unspecified atom stereocenters. The molecule has 2 fully saturated rings. The average molecular weight is 257 g/mol. The van der Waals surface area contributed by atoms with Gasteiger partial charge in [0, 0.05) is 6.04 Å². The molecule has 2 aromatic rings. The van der Waals surface area contributed by atoms with Crippen molar-refractivity contribution < 1.29 is 0 Å². The minimum Gasteiger partial charge on any atom is -0.313 e. The lowest BCUT2D eigenvalue weighted by molar-refractivity contribution is 0.360. The Labute approximate surface area is 111 Å². The van der Waals surface area contributed by atoms with E-state index >= 15 is 0 Å². The molecule has 1 heterocycles. The normalized spacial score (nSPS) is 30.5. The maximum absolute atomic E-state index is 11.3. The summed E-state index contributed by atoms with van der Waals surface area (Å²) in [4.78, 5) is 17.0. The van der Waals surface area contributed by atoms with Gasteiger partial charge in [-0.1, -0.05) is 6.07 Å². The highest BCUT2D eigenvalue weighted by atomic mass is 16.1. The molecular weight excluding hydrogens is 238 g/mol. The second-order valence-corrected chi connectivity index (χ2v) is 6.14. The fourth-order valence-corrected chi connectivity index (χ4v) is 3.95. The molecule has 0 saturated heterocycles. The van der Waals surface area contributed by atoms with Crippen LogP contribution in [0.2, 0.25) is 0 Å². The van der Waals surface area contributed by atoms with Crippen LogP contribution in [0.5, 0.6) is 0 Å². The second-order valence-electron chi connectivity index (χ2n) is 6.14. The van der Waals surface area contributed by atoms with Gasteiger partial charge < -0.3 is 15.3 Å². The van der Waals surface area contributed by atoms with E-state index in [4.69, 9.17) is 0 Å². The number of rotatable bonds is 3. The molecule has 0 bridgehead atoms. The summed E-state index contributed by atoms with van der Waals surface area (Å²) in [6, 6.07) is 6.66.